The molecule has 0 aliphatic carbocycles. The van der Waals surface area contributed by atoms with Crippen LogP contribution in [0.5, 0.6) is 0 Å². The van der Waals surface area contributed by atoms with Gasteiger partial charge in [-0.1, -0.05) is 12.1 Å². The number of halogens is 1. The highest BCUT2D eigenvalue weighted by molar-refractivity contribution is 6.21. The lowest BCUT2D eigenvalue weighted by atomic mass is 10.1. The summed E-state index contributed by atoms with van der Waals surface area (Å²) in [5.41, 5.74) is 1.25. The van der Waals surface area contributed by atoms with Gasteiger partial charge in [-0.15, -0.1) is 0 Å². The highest BCUT2D eigenvalue weighted by atomic mass is 19.1. The van der Waals surface area contributed by atoms with E-state index in [1.54, 1.807) is 24.3 Å². The summed E-state index contributed by atoms with van der Waals surface area (Å²) in [6.07, 6.45) is 0. The fraction of sp³-hybridized carbons (Fsp3) is 0.0625. The second-order valence-electron chi connectivity index (χ2n) is 4.70. The van der Waals surface area contributed by atoms with Crippen LogP contribution in [-0.2, 0) is 6.54 Å². The molecule has 2 amide bonds. The molecule has 0 atom stereocenters. The van der Waals surface area contributed by atoms with Gasteiger partial charge in [0.05, 0.1) is 29.3 Å². The molecule has 0 aromatic heterocycles. The molecule has 1 heterocycles. The molecule has 2 aromatic carbocycles. The summed E-state index contributed by atoms with van der Waals surface area (Å²) < 4.78 is 13.4. The normalized spacial score (nSPS) is 13.2. The molecule has 102 valence electrons. The lowest BCUT2D eigenvalue weighted by molar-refractivity contribution is 0.0642. The van der Waals surface area contributed by atoms with E-state index in [1.165, 1.54) is 12.1 Å². The van der Waals surface area contributed by atoms with Crippen LogP contribution in [0.1, 0.15) is 31.8 Å². The Morgan fingerprint density at radius 3 is 2.24 bits per heavy atom. The van der Waals surface area contributed by atoms with Crippen molar-refractivity contribution in [2.45, 2.75) is 6.54 Å². The van der Waals surface area contributed by atoms with Crippen molar-refractivity contribution >= 4 is 11.8 Å². The van der Waals surface area contributed by atoms with Gasteiger partial charge in [-0.3, -0.25) is 14.5 Å². The Hall–Kier alpha value is -3.00. The maximum absolute atomic E-state index is 13.4. The van der Waals surface area contributed by atoms with Gasteiger partial charge in [0.15, 0.2) is 0 Å². The van der Waals surface area contributed by atoms with Crippen molar-refractivity contribution in [1.29, 1.82) is 5.26 Å². The first-order valence-electron chi connectivity index (χ1n) is 6.25. The van der Waals surface area contributed by atoms with Crippen LogP contribution in [0.15, 0.2) is 42.5 Å². The van der Waals surface area contributed by atoms with E-state index in [4.69, 9.17) is 5.26 Å². The summed E-state index contributed by atoms with van der Waals surface area (Å²) in [5.74, 6) is -1.38. The molecule has 4 nitrogen and oxygen atoms in total. The smallest absolute Gasteiger partial charge is 0.261 e. The summed E-state index contributed by atoms with van der Waals surface area (Å²) in [6, 6.07) is 12.2. The number of nitriles is 1. The monoisotopic (exact) mass is 280 g/mol. The molecule has 0 fully saturated rings. The highest BCUT2D eigenvalue weighted by Gasteiger charge is 2.34. The SMILES string of the molecule is N#Cc1cc(F)cc(CN2C(=O)c3ccccc3C2=O)c1. The molecular weight excluding hydrogens is 271 g/mol. The number of rotatable bonds is 2. The molecule has 0 unspecified atom stereocenters. The highest BCUT2D eigenvalue weighted by Crippen LogP contribution is 2.24. The summed E-state index contributed by atoms with van der Waals surface area (Å²) in [7, 11) is 0. The number of benzene rings is 2. The number of carbonyl (C=O) groups is 2. The van der Waals surface area contributed by atoms with Crippen LogP contribution >= 0.6 is 0 Å². The van der Waals surface area contributed by atoms with Crippen molar-refractivity contribution in [2.24, 2.45) is 0 Å². The molecule has 1 aliphatic rings. The zero-order valence-corrected chi connectivity index (χ0v) is 10.8. The zero-order chi connectivity index (χ0) is 15.0. The first-order valence-corrected chi connectivity index (χ1v) is 6.25. The number of hydrogen-bond donors (Lipinski definition) is 0. The van der Waals surface area contributed by atoms with Crippen LogP contribution in [0, 0.1) is 17.1 Å². The molecule has 5 heteroatoms. The number of carbonyl (C=O) groups excluding carboxylic acids is 2. The first-order chi connectivity index (χ1) is 10.1. The second-order valence-corrected chi connectivity index (χ2v) is 4.70. The minimum atomic E-state index is -0.569. The molecule has 0 saturated heterocycles. The molecule has 21 heavy (non-hydrogen) atoms. The Kier molecular flexibility index (Phi) is 2.99. The quantitative estimate of drug-likeness (QED) is 0.794. The van der Waals surface area contributed by atoms with Gasteiger partial charge in [0.1, 0.15) is 5.82 Å². The van der Waals surface area contributed by atoms with Crippen molar-refractivity contribution in [3.8, 4) is 6.07 Å². The van der Waals surface area contributed by atoms with Gasteiger partial charge in [-0.05, 0) is 35.9 Å². The maximum Gasteiger partial charge on any atom is 0.261 e. The van der Waals surface area contributed by atoms with Gasteiger partial charge < -0.3 is 0 Å². The standard InChI is InChI=1S/C16H9FN2O2/c17-12-6-10(8-18)5-11(7-12)9-19-15(20)13-3-1-2-4-14(13)16(19)21/h1-7H,9H2. The Labute approximate surface area is 120 Å². The lowest BCUT2D eigenvalue weighted by Crippen LogP contribution is -2.29. The van der Waals surface area contributed by atoms with E-state index < -0.39 is 17.6 Å². The molecular formula is C16H9FN2O2. The van der Waals surface area contributed by atoms with Crippen molar-refractivity contribution in [3.63, 3.8) is 0 Å². The number of amides is 2. The zero-order valence-electron chi connectivity index (χ0n) is 10.8. The van der Waals surface area contributed by atoms with Crippen LogP contribution in [-0.4, -0.2) is 16.7 Å². The van der Waals surface area contributed by atoms with Crippen LogP contribution in [0.3, 0.4) is 0 Å². The molecule has 0 N–H and O–H groups in total. The number of imide groups is 1. The van der Waals surface area contributed by atoms with Gasteiger partial charge in [0.25, 0.3) is 11.8 Å². The first kappa shape index (κ1) is 13.0. The molecule has 0 saturated carbocycles. The van der Waals surface area contributed by atoms with Crippen LogP contribution in [0.4, 0.5) is 4.39 Å². The molecule has 2 aromatic rings. The molecule has 0 spiro atoms. The van der Waals surface area contributed by atoms with Gasteiger partial charge in [0.2, 0.25) is 0 Å². The predicted molar refractivity (Wildman–Crippen MR) is 71.8 cm³/mol. The summed E-state index contributed by atoms with van der Waals surface area (Å²) in [5, 5.41) is 8.83. The second kappa shape index (κ2) is 4.84. The Morgan fingerprint density at radius 1 is 1.05 bits per heavy atom. The topological polar surface area (TPSA) is 61.2 Å². The van der Waals surface area contributed by atoms with Gasteiger partial charge in [0, 0.05) is 0 Å². The van der Waals surface area contributed by atoms with Crippen molar-refractivity contribution in [1.82, 2.24) is 4.90 Å². The third-order valence-electron chi connectivity index (χ3n) is 3.31. The predicted octanol–water partition coefficient (Wildman–Crippen LogP) is 2.49. The third-order valence-corrected chi connectivity index (χ3v) is 3.31. The summed E-state index contributed by atoms with van der Waals surface area (Å²) in [6.45, 7) is -0.0568. The van der Waals surface area contributed by atoms with Gasteiger partial charge in [-0.2, -0.15) is 5.26 Å². The largest absolute Gasteiger partial charge is 0.270 e. The molecule has 1 aliphatic heterocycles. The van der Waals surface area contributed by atoms with Crippen LogP contribution < -0.4 is 0 Å². The summed E-state index contributed by atoms with van der Waals surface area (Å²) in [4.78, 5) is 25.5. The van der Waals surface area contributed by atoms with E-state index in [9.17, 15) is 14.0 Å². The molecule has 0 radical (unpaired) electrons. The molecule has 0 bridgehead atoms. The average molecular weight is 280 g/mol. The van der Waals surface area contributed by atoms with Crippen LogP contribution in [0.25, 0.3) is 0 Å². The lowest BCUT2D eigenvalue weighted by Gasteiger charge is -2.14. The minimum absolute atomic E-state index is 0.0568. The number of nitrogens with zero attached hydrogens (tertiary/aromatic N) is 2. The third kappa shape index (κ3) is 2.17. The Balaban J connectivity index is 1.94. The minimum Gasteiger partial charge on any atom is -0.270 e. The van der Waals surface area contributed by atoms with E-state index in [1.807, 2.05) is 6.07 Å². The van der Waals surface area contributed by atoms with Gasteiger partial charge in [-0.25, -0.2) is 4.39 Å². The fourth-order valence-corrected chi connectivity index (χ4v) is 2.37. The van der Waals surface area contributed by atoms with E-state index >= 15 is 0 Å². The van der Waals surface area contributed by atoms with Gasteiger partial charge >= 0.3 is 0 Å². The number of hydrogen-bond acceptors (Lipinski definition) is 3. The average Bonchev–Trinajstić information content (AvgIpc) is 2.72. The van der Waals surface area contributed by atoms with Crippen molar-refractivity contribution in [2.75, 3.05) is 0 Å². The van der Waals surface area contributed by atoms with E-state index in [2.05, 4.69) is 0 Å². The number of fused-ring (bicyclic) bond motifs is 1. The Bertz CT molecular complexity index is 773. The van der Waals surface area contributed by atoms with Crippen molar-refractivity contribution in [3.05, 3.63) is 70.5 Å². The van der Waals surface area contributed by atoms with Crippen LogP contribution in [0.2, 0.25) is 0 Å². The Morgan fingerprint density at radius 2 is 1.67 bits per heavy atom. The van der Waals surface area contributed by atoms with Crippen molar-refractivity contribution < 1.29 is 14.0 Å². The summed E-state index contributed by atoms with van der Waals surface area (Å²) >= 11 is 0. The van der Waals surface area contributed by atoms with E-state index in [0.29, 0.717) is 16.7 Å². The fourth-order valence-electron chi connectivity index (χ4n) is 2.37. The molecule has 3 rings (SSSR count). The maximum atomic E-state index is 13.4. The van der Waals surface area contributed by atoms with E-state index in [0.717, 1.165) is 11.0 Å². The van der Waals surface area contributed by atoms with E-state index in [-0.39, 0.29) is 12.1 Å².